The highest BCUT2D eigenvalue weighted by Gasteiger charge is 2.32. The van der Waals surface area contributed by atoms with E-state index < -0.39 is 0 Å². The summed E-state index contributed by atoms with van der Waals surface area (Å²) in [6.45, 7) is 6.29. The Labute approximate surface area is 98.8 Å². The van der Waals surface area contributed by atoms with E-state index in [0.29, 0.717) is 18.5 Å². The fraction of sp³-hybridized carbons (Fsp3) is 0.917. The van der Waals surface area contributed by atoms with Crippen molar-refractivity contribution in [1.29, 1.82) is 0 Å². The van der Waals surface area contributed by atoms with E-state index in [4.69, 9.17) is 5.73 Å². The van der Waals surface area contributed by atoms with Gasteiger partial charge in [-0.15, -0.1) is 0 Å². The molecule has 0 radical (unpaired) electrons. The summed E-state index contributed by atoms with van der Waals surface area (Å²) in [6, 6.07) is 0.494. The third kappa shape index (κ3) is 2.67. The zero-order valence-corrected chi connectivity index (χ0v) is 10.8. The molecular formula is C12H25N3O. The van der Waals surface area contributed by atoms with Crippen LogP contribution in [0, 0.1) is 5.92 Å². The number of nitrogens with zero attached hydrogens (tertiary/aromatic N) is 2. The first-order chi connectivity index (χ1) is 7.65. The predicted octanol–water partition coefficient (Wildman–Crippen LogP) is 1.51. The first-order valence-corrected chi connectivity index (χ1v) is 6.37. The molecule has 0 aromatic heterocycles. The van der Waals surface area contributed by atoms with Gasteiger partial charge in [0, 0.05) is 26.2 Å². The van der Waals surface area contributed by atoms with Crippen LogP contribution in [-0.4, -0.2) is 48.6 Å². The number of amides is 2. The minimum absolute atomic E-state index is 0.148. The second kappa shape index (κ2) is 6.09. The second-order valence-electron chi connectivity index (χ2n) is 4.56. The molecule has 2 N–H and O–H groups in total. The SMILES string of the molecule is CCN(CC)C(=O)N(C)C1CCCC1CN. The summed E-state index contributed by atoms with van der Waals surface area (Å²) in [4.78, 5) is 15.9. The van der Waals surface area contributed by atoms with Crippen LogP contribution in [0.2, 0.25) is 0 Å². The largest absolute Gasteiger partial charge is 0.330 e. The number of urea groups is 1. The Kier molecular flexibility index (Phi) is 5.06. The molecule has 0 bridgehead atoms. The molecule has 0 aromatic rings. The topological polar surface area (TPSA) is 49.6 Å². The van der Waals surface area contributed by atoms with Crippen molar-refractivity contribution >= 4 is 6.03 Å². The van der Waals surface area contributed by atoms with E-state index in [1.807, 2.05) is 30.7 Å². The van der Waals surface area contributed by atoms with Crippen LogP contribution in [0.5, 0.6) is 0 Å². The first kappa shape index (κ1) is 13.3. The molecule has 2 amide bonds. The van der Waals surface area contributed by atoms with E-state index in [1.54, 1.807) is 0 Å². The fourth-order valence-corrected chi connectivity index (χ4v) is 2.66. The molecule has 0 aromatic carbocycles. The third-order valence-electron chi connectivity index (χ3n) is 3.75. The van der Waals surface area contributed by atoms with Gasteiger partial charge in [0.15, 0.2) is 0 Å². The van der Waals surface area contributed by atoms with E-state index in [9.17, 15) is 4.79 Å². The van der Waals surface area contributed by atoms with E-state index >= 15 is 0 Å². The Hall–Kier alpha value is -0.770. The zero-order valence-electron chi connectivity index (χ0n) is 10.8. The molecule has 1 aliphatic rings. The van der Waals surface area contributed by atoms with Crippen molar-refractivity contribution in [2.75, 3.05) is 26.7 Å². The summed E-state index contributed by atoms with van der Waals surface area (Å²) in [5.41, 5.74) is 5.75. The minimum Gasteiger partial charge on any atom is -0.330 e. The molecule has 1 aliphatic carbocycles. The van der Waals surface area contributed by atoms with Gasteiger partial charge in [0.2, 0.25) is 0 Å². The summed E-state index contributed by atoms with van der Waals surface area (Å²) >= 11 is 0. The van der Waals surface area contributed by atoms with Gasteiger partial charge >= 0.3 is 6.03 Å². The fourth-order valence-electron chi connectivity index (χ4n) is 2.66. The van der Waals surface area contributed by atoms with Gasteiger partial charge < -0.3 is 15.5 Å². The Morgan fingerprint density at radius 2 is 1.94 bits per heavy atom. The highest BCUT2D eigenvalue weighted by Crippen LogP contribution is 2.28. The van der Waals surface area contributed by atoms with Crippen molar-refractivity contribution in [2.24, 2.45) is 11.7 Å². The summed E-state index contributed by atoms with van der Waals surface area (Å²) in [5.74, 6) is 0.490. The average Bonchev–Trinajstić information content (AvgIpc) is 2.77. The second-order valence-corrected chi connectivity index (χ2v) is 4.56. The average molecular weight is 227 g/mol. The molecule has 2 atom stereocenters. The van der Waals surface area contributed by atoms with Crippen LogP contribution in [0.3, 0.4) is 0 Å². The lowest BCUT2D eigenvalue weighted by atomic mass is 10.0. The summed E-state index contributed by atoms with van der Waals surface area (Å²) in [5, 5.41) is 0. The van der Waals surface area contributed by atoms with Crippen LogP contribution in [0.25, 0.3) is 0 Å². The molecule has 1 rings (SSSR count). The minimum atomic E-state index is 0.148. The Balaban J connectivity index is 2.61. The first-order valence-electron chi connectivity index (χ1n) is 6.37. The number of hydrogen-bond donors (Lipinski definition) is 1. The molecule has 4 nitrogen and oxygen atoms in total. The standard InChI is InChI=1S/C12H25N3O/c1-4-15(5-2)12(16)14(3)11-8-6-7-10(11)9-13/h10-11H,4-9,13H2,1-3H3. The molecule has 2 unspecified atom stereocenters. The van der Waals surface area contributed by atoms with Gasteiger partial charge in [-0.1, -0.05) is 6.42 Å². The molecule has 0 spiro atoms. The quantitative estimate of drug-likeness (QED) is 0.791. The molecule has 0 saturated heterocycles. The van der Waals surface area contributed by atoms with Crippen LogP contribution in [0.15, 0.2) is 0 Å². The maximum absolute atomic E-state index is 12.2. The molecule has 1 saturated carbocycles. The summed E-state index contributed by atoms with van der Waals surface area (Å²) in [7, 11) is 1.92. The van der Waals surface area contributed by atoms with Crippen molar-refractivity contribution in [3.63, 3.8) is 0 Å². The number of nitrogens with two attached hydrogens (primary N) is 1. The zero-order chi connectivity index (χ0) is 12.1. The van der Waals surface area contributed by atoms with Gasteiger partial charge in [-0.25, -0.2) is 4.79 Å². The predicted molar refractivity (Wildman–Crippen MR) is 66.3 cm³/mol. The lowest BCUT2D eigenvalue weighted by Crippen LogP contribution is -2.48. The van der Waals surface area contributed by atoms with E-state index in [0.717, 1.165) is 25.9 Å². The van der Waals surface area contributed by atoms with E-state index in [1.165, 1.54) is 6.42 Å². The van der Waals surface area contributed by atoms with Crippen molar-refractivity contribution in [3.8, 4) is 0 Å². The molecule has 1 fully saturated rings. The third-order valence-corrected chi connectivity index (χ3v) is 3.75. The molecule has 0 aliphatic heterocycles. The highest BCUT2D eigenvalue weighted by atomic mass is 16.2. The van der Waals surface area contributed by atoms with Crippen molar-refractivity contribution < 1.29 is 4.79 Å². The molecule has 0 heterocycles. The van der Waals surface area contributed by atoms with Gasteiger partial charge in [0.25, 0.3) is 0 Å². The van der Waals surface area contributed by atoms with E-state index in [-0.39, 0.29) is 6.03 Å². The van der Waals surface area contributed by atoms with Crippen LogP contribution in [0.4, 0.5) is 4.79 Å². The molecule has 94 valence electrons. The van der Waals surface area contributed by atoms with Crippen molar-refractivity contribution in [2.45, 2.75) is 39.2 Å². The van der Waals surface area contributed by atoms with Crippen LogP contribution in [-0.2, 0) is 0 Å². The Bertz CT molecular complexity index is 228. The number of hydrogen-bond acceptors (Lipinski definition) is 2. The number of rotatable bonds is 4. The summed E-state index contributed by atoms with van der Waals surface area (Å²) < 4.78 is 0. The monoisotopic (exact) mass is 227 g/mol. The van der Waals surface area contributed by atoms with E-state index in [2.05, 4.69) is 0 Å². The van der Waals surface area contributed by atoms with Gasteiger partial charge in [0.1, 0.15) is 0 Å². The number of carbonyl (C=O) groups excluding carboxylic acids is 1. The van der Waals surface area contributed by atoms with Gasteiger partial charge in [0.05, 0.1) is 0 Å². The van der Waals surface area contributed by atoms with Crippen molar-refractivity contribution in [3.05, 3.63) is 0 Å². The van der Waals surface area contributed by atoms with Crippen LogP contribution >= 0.6 is 0 Å². The Morgan fingerprint density at radius 1 is 1.31 bits per heavy atom. The van der Waals surface area contributed by atoms with Gasteiger partial charge in [-0.2, -0.15) is 0 Å². The van der Waals surface area contributed by atoms with Crippen molar-refractivity contribution in [1.82, 2.24) is 9.80 Å². The lowest BCUT2D eigenvalue weighted by molar-refractivity contribution is 0.140. The van der Waals surface area contributed by atoms with Gasteiger partial charge in [-0.3, -0.25) is 0 Å². The van der Waals surface area contributed by atoms with Crippen LogP contribution < -0.4 is 5.73 Å². The molecular weight excluding hydrogens is 202 g/mol. The van der Waals surface area contributed by atoms with Gasteiger partial charge in [-0.05, 0) is 39.2 Å². The summed E-state index contributed by atoms with van der Waals surface area (Å²) in [6.07, 6.45) is 3.46. The molecule has 4 heteroatoms. The highest BCUT2D eigenvalue weighted by molar-refractivity contribution is 5.74. The van der Waals surface area contributed by atoms with Crippen LogP contribution in [0.1, 0.15) is 33.1 Å². The maximum Gasteiger partial charge on any atom is 0.319 e. The maximum atomic E-state index is 12.2. The number of carbonyl (C=O) groups is 1. The Morgan fingerprint density at radius 3 is 2.44 bits per heavy atom. The lowest BCUT2D eigenvalue weighted by Gasteiger charge is -2.33. The molecule has 16 heavy (non-hydrogen) atoms. The normalized spacial score (nSPS) is 24.5. The smallest absolute Gasteiger partial charge is 0.319 e.